The monoisotopic (exact) mass is 349 g/mol. The van der Waals surface area contributed by atoms with Gasteiger partial charge >= 0.3 is 0 Å². The highest BCUT2D eigenvalue weighted by atomic mass is 32.1. The summed E-state index contributed by atoms with van der Waals surface area (Å²) in [6.45, 7) is 1.97. The quantitative estimate of drug-likeness (QED) is 0.613. The number of rotatable bonds is 4. The number of thiazole rings is 1. The number of carbonyl (C=O) groups excluding carboxylic acids is 1. The van der Waals surface area contributed by atoms with E-state index in [0.29, 0.717) is 5.56 Å². The predicted octanol–water partition coefficient (Wildman–Crippen LogP) is 3.37. The summed E-state index contributed by atoms with van der Waals surface area (Å²) < 4.78 is 2.70. The SMILES string of the molecule is CC(NC(=O)c1ccc2ncsc2c1)c1ccc(-n2cncn2)cc1. The van der Waals surface area contributed by atoms with Gasteiger partial charge in [0, 0.05) is 5.56 Å². The van der Waals surface area contributed by atoms with E-state index in [1.807, 2.05) is 43.3 Å². The summed E-state index contributed by atoms with van der Waals surface area (Å²) in [5.74, 6) is -0.0943. The molecule has 4 rings (SSSR count). The summed E-state index contributed by atoms with van der Waals surface area (Å²) in [7, 11) is 0. The summed E-state index contributed by atoms with van der Waals surface area (Å²) in [6, 6.07) is 13.3. The van der Waals surface area contributed by atoms with Crippen LogP contribution in [0.5, 0.6) is 0 Å². The van der Waals surface area contributed by atoms with Crippen LogP contribution in [0.3, 0.4) is 0 Å². The van der Waals surface area contributed by atoms with Gasteiger partial charge in [0.15, 0.2) is 0 Å². The number of hydrogen-bond acceptors (Lipinski definition) is 5. The fourth-order valence-electron chi connectivity index (χ4n) is 2.62. The maximum Gasteiger partial charge on any atom is 0.251 e. The number of nitrogens with one attached hydrogen (secondary N) is 1. The first kappa shape index (κ1) is 15.5. The third-order valence-corrected chi connectivity index (χ3v) is 4.81. The second kappa shape index (κ2) is 6.45. The molecule has 2 heterocycles. The lowest BCUT2D eigenvalue weighted by Gasteiger charge is -2.15. The Kier molecular flexibility index (Phi) is 3.99. The molecule has 2 aromatic heterocycles. The Hall–Kier alpha value is -3.06. The van der Waals surface area contributed by atoms with Crippen molar-refractivity contribution in [3.63, 3.8) is 0 Å². The van der Waals surface area contributed by atoms with Gasteiger partial charge in [-0.05, 0) is 42.8 Å². The van der Waals surface area contributed by atoms with Gasteiger partial charge in [-0.3, -0.25) is 4.79 Å². The lowest BCUT2D eigenvalue weighted by molar-refractivity contribution is 0.0940. The topological polar surface area (TPSA) is 72.7 Å². The molecule has 1 N–H and O–H groups in total. The number of hydrogen-bond donors (Lipinski definition) is 1. The van der Waals surface area contributed by atoms with Crippen molar-refractivity contribution in [3.05, 3.63) is 71.8 Å². The zero-order chi connectivity index (χ0) is 17.2. The fraction of sp³-hybridized carbons (Fsp3) is 0.111. The molecule has 0 fully saturated rings. The maximum absolute atomic E-state index is 12.5. The largest absolute Gasteiger partial charge is 0.346 e. The van der Waals surface area contributed by atoms with E-state index in [1.165, 1.54) is 17.7 Å². The fourth-order valence-corrected chi connectivity index (χ4v) is 3.33. The second-order valence-electron chi connectivity index (χ2n) is 5.66. The Morgan fingerprint density at radius 3 is 2.80 bits per heavy atom. The van der Waals surface area contributed by atoms with E-state index in [2.05, 4.69) is 20.4 Å². The molecule has 124 valence electrons. The van der Waals surface area contributed by atoms with Gasteiger partial charge in [-0.25, -0.2) is 14.6 Å². The van der Waals surface area contributed by atoms with Crippen LogP contribution in [0.2, 0.25) is 0 Å². The van der Waals surface area contributed by atoms with Gasteiger partial charge in [0.2, 0.25) is 0 Å². The van der Waals surface area contributed by atoms with Gasteiger partial charge in [0.25, 0.3) is 5.91 Å². The third kappa shape index (κ3) is 3.14. The normalized spacial score (nSPS) is 12.2. The van der Waals surface area contributed by atoms with Gasteiger partial charge in [-0.2, -0.15) is 5.10 Å². The van der Waals surface area contributed by atoms with Crippen LogP contribution in [-0.4, -0.2) is 25.7 Å². The Balaban J connectivity index is 1.49. The molecular formula is C18H15N5OS. The van der Waals surface area contributed by atoms with Crippen LogP contribution < -0.4 is 5.32 Å². The van der Waals surface area contributed by atoms with E-state index in [4.69, 9.17) is 0 Å². The standard InChI is InChI=1S/C18H15N5OS/c1-12(13-2-5-15(6-3-13)23-10-19-9-21-23)22-18(24)14-4-7-16-17(8-14)25-11-20-16/h2-12H,1H3,(H,22,24). The van der Waals surface area contributed by atoms with Crippen LogP contribution in [0.25, 0.3) is 15.9 Å². The molecule has 0 aliphatic carbocycles. The van der Waals surface area contributed by atoms with Gasteiger partial charge in [0.1, 0.15) is 12.7 Å². The van der Waals surface area contributed by atoms with Crippen LogP contribution in [0.1, 0.15) is 28.9 Å². The summed E-state index contributed by atoms with van der Waals surface area (Å²) >= 11 is 1.53. The Labute approximate surface area is 148 Å². The minimum atomic E-state index is -0.102. The molecular weight excluding hydrogens is 334 g/mol. The van der Waals surface area contributed by atoms with E-state index in [0.717, 1.165) is 21.5 Å². The minimum Gasteiger partial charge on any atom is -0.346 e. The number of carbonyl (C=O) groups is 1. The molecule has 0 bridgehead atoms. The molecule has 0 radical (unpaired) electrons. The van der Waals surface area contributed by atoms with E-state index in [9.17, 15) is 4.79 Å². The highest BCUT2D eigenvalue weighted by Gasteiger charge is 2.12. The Morgan fingerprint density at radius 1 is 1.20 bits per heavy atom. The lowest BCUT2D eigenvalue weighted by atomic mass is 10.1. The number of aromatic nitrogens is 4. The summed E-state index contributed by atoms with van der Waals surface area (Å²) in [5, 5.41) is 7.14. The lowest BCUT2D eigenvalue weighted by Crippen LogP contribution is -2.26. The van der Waals surface area contributed by atoms with Crippen molar-refractivity contribution >= 4 is 27.5 Å². The first-order chi connectivity index (χ1) is 12.2. The van der Waals surface area contributed by atoms with Gasteiger partial charge in [0.05, 0.1) is 27.5 Å². The van der Waals surface area contributed by atoms with Crippen molar-refractivity contribution in [2.24, 2.45) is 0 Å². The van der Waals surface area contributed by atoms with Crippen molar-refractivity contribution in [3.8, 4) is 5.69 Å². The molecule has 1 atom stereocenters. The average molecular weight is 349 g/mol. The van der Waals surface area contributed by atoms with Gasteiger partial charge in [-0.1, -0.05) is 12.1 Å². The summed E-state index contributed by atoms with van der Waals surface area (Å²) in [4.78, 5) is 20.7. The molecule has 1 unspecified atom stereocenters. The minimum absolute atomic E-state index is 0.0943. The first-order valence-corrected chi connectivity index (χ1v) is 8.68. The van der Waals surface area contributed by atoms with Crippen molar-refractivity contribution in [1.82, 2.24) is 25.1 Å². The molecule has 4 aromatic rings. The molecule has 2 aromatic carbocycles. The molecule has 0 spiro atoms. The molecule has 6 nitrogen and oxygen atoms in total. The van der Waals surface area contributed by atoms with Crippen LogP contribution in [-0.2, 0) is 0 Å². The molecule has 0 saturated heterocycles. The summed E-state index contributed by atoms with van der Waals surface area (Å²) in [5.41, 5.74) is 5.29. The van der Waals surface area contributed by atoms with Gasteiger partial charge < -0.3 is 5.32 Å². The van der Waals surface area contributed by atoms with Crippen molar-refractivity contribution in [2.75, 3.05) is 0 Å². The molecule has 25 heavy (non-hydrogen) atoms. The van der Waals surface area contributed by atoms with E-state index in [1.54, 1.807) is 22.6 Å². The van der Waals surface area contributed by atoms with Crippen LogP contribution in [0.15, 0.2) is 60.6 Å². The van der Waals surface area contributed by atoms with Crippen molar-refractivity contribution in [2.45, 2.75) is 13.0 Å². The number of nitrogens with zero attached hydrogens (tertiary/aromatic N) is 4. The first-order valence-electron chi connectivity index (χ1n) is 7.80. The third-order valence-electron chi connectivity index (χ3n) is 4.02. The van der Waals surface area contributed by atoms with Gasteiger partial charge in [-0.15, -0.1) is 11.3 Å². The molecule has 7 heteroatoms. The smallest absolute Gasteiger partial charge is 0.251 e. The highest BCUT2D eigenvalue weighted by molar-refractivity contribution is 7.16. The van der Waals surface area contributed by atoms with E-state index >= 15 is 0 Å². The number of amides is 1. The van der Waals surface area contributed by atoms with Crippen LogP contribution >= 0.6 is 11.3 Å². The summed E-state index contributed by atoms with van der Waals surface area (Å²) in [6.07, 6.45) is 3.15. The van der Waals surface area contributed by atoms with Crippen LogP contribution in [0.4, 0.5) is 0 Å². The Morgan fingerprint density at radius 2 is 2.04 bits per heavy atom. The maximum atomic E-state index is 12.5. The zero-order valence-corrected chi connectivity index (χ0v) is 14.3. The van der Waals surface area contributed by atoms with E-state index in [-0.39, 0.29) is 11.9 Å². The molecule has 1 amide bonds. The number of fused-ring (bicyclic) bond motifs is 1. The van der Waals surface area contributed by atoms with Crippen molar-refractivity contribution in [1.29, 1.82) is 0 Å². The van der Waals surface area contributed by atoms with E-state index < -0.39 is 0 Å². The zero-order valence-electron chi connectivity index (χ0n) is 13.5. The molecule has 0 aliphatic heterocycles. The van der Waals surface area contributed by atoms with Crippen molar-refractivity contribution < 1.29 is 4.79 Å². The van der Waals surface area contributed by atoms with Crippen LogP contribution in [0, 0.1) is 0 Å². The Bertz CT molecular complexity index is 1010. The number of benzene rings is 2. The second-order valence-corrected chi connectivity index (χ2v) is 6.55. The highest BCUT2D eigenvalue weighted by Crippen LogP contribution is 2.20. The molecule has 0 aliphatic rings. The predicted molar refractivity (Wildman–Crippen MR) is 96.9 cm³/mol. The molecule has 0 saturated carbocycles. The average Bonchev–Trinajstić information content (AvgIpc) is 3.32.